The lowest BCUT2D eigenvalue weighted by Crippen LogP contribution is -2.28. The van der Waals surface area contributed by atoms with Gasteiger partial charge in [0, 0.05) is 12.2 Å². The van der Waals surface area contributed by atoms with Crippen LogP contribution in [0.25, 0.3) is 0 Å². The quantitative estimate of drug-likeness (QED) is 0.412. The summed E-state index contributed by atoms with van der Waals surface area (Å²) in [4.78, 5) is 11.5. The lowest BCUT2D eigenvalue weighted by Gasteiger charge is -2.19. The summed E-state index contributed by atoms with van der Waals surface area (Å²) in [6.07, 6.45) is -2.41. The van der Waals surface area contributed by atoms with E-state index in [9.17, 15) is 15.0 Å². The number of aliphatic hydroxyl groups is 2. The molecule has 0 saturated heterocycles. The molecule has 0 bridgehead atoms. The number of carbonyl (C=O) groups is 1. The van der Waals surface area contributed by atoms with Gasteiger partial charge in [0.25, 0.3) is 0 Å². The lowest BCUT2D eigenvalue weighted by molar-refractivity contribution is 0.0228. The Morgan fingerprint density at radius 1 is 1.47 bits per heavy atom. The number of nitrogen functional groups attached to an aromatic ring is 1. The molecule has 0 radical (unpaired) electrons. The van der Waals surface area contributed by atoms with E-state index >= 15 is 0 Å². The van der Waals surface area contributed by atoms with Gasteiger partial charge < -0.3 is 26.4 Å². The van der Waals surface area contributed by atoms with Gasteiger partial charge in [0.1, 0.15) is 6.10 Å². The standard InChI is InChI=1S/C11H16N2O4/c1-17-11(16)8-4-6(13)2-3-7(8)10(15)9(14)5-12/h2-4,9-10,14-15H,5,12-13H2,1H3. The Kier molecular flexibility index (Phi) is 4.45. The maximum Gasteiger partial charge on any atom is 0.338 e. The zero-order valence-electron chi connectivity index (χ0n) is 9.46. The van der Waals surface area contributed by atoms with E-state index in [0.717, 1.165) is 0 Å². The molecule has 0 heterocycles. The van der Waals surface area contributed by atoms with Crippen molar-refractivity contribution < 1.29 is 19.7 Å². The molecule has 6 N–H and O–H groups in total. The molecule has 1 aromatic rings. The predicted molar refractivity (Wildman–Crippen MR) is 62.2 cm³/mol. The van der Waals surface area contributed by atoms with Gasteiger partial charge in [-0.3, -0.25) is 0 Å². The summed E-state index contributed by atoms with van der Waals surface area (Å²) in [7, 11) is 1.22. The molecule has 6 nitrogen and oxygen atoms in total. The minimum absolute atomic E-state index is 0.118. The van der Waals surface area contributed by atoms with E-state index in [1.165, 1.54) is 25.3 Å². The highest BCUT2D eigenvalue weighted by Gasteiger charge is 2.23. The van der Waals surface area contributed by atoms with Crippen molar-refractivity contribution in [3.8, 4) is 0 Å². The minimum Gasteiger partial charge on any atom is -0.465 e. The van der Waals surface area contributed by atoms with Gasteiger partial charge in [0.15, 0.2) is 0 Å². The first-order valence-electron chi connectivity index (χ1n) is 5.05. The summed E-state index contributed by atoms with van der Waals surface area (Å²) in [5.41, 5.74) is 11.5. The van der Waals surface area contributed by atoms with E-state index in [0.29, 0.717) is 5.69 Å². The van der Waals surface area contributed by atoms with E-state index in [2.05, 4.69) is 4.74 Å². The Labute approximate surface area is 98.8 Å². The van der Waals surface area contributed by atoms with Crippen molar-refractivity contribution in [1.29, 1.82) is 0 Å². The number of aliphatic hydroxyl groups excluding tert-OH is 2. The molecule has 17 heavy (non-hydrogen) atoms. The molecule has 0 fully saturated rings. The number of benzene rings is 1. The van der Waals surface area contributed by atoms with Gasteiger partial charge >= 0.3 is 5.97 Å². The van der Waals surface area contributed by atoms with Crippen molar-refractivity contribution in [1.82, 2.24) is 0 Å². The molecule has 2 unspecified atom stereocenters. The largest absolute Gasteiger partial charge is 0.465 e. The number of hydrogen-bond donors (Lipinski definition) is 4. The van der Waals surface area contributed by atoms with Crippen LogP contribution in [0.15, 0.2) is 18.2 Å². The van der Waals surface area contributed by atoms with E-state index in [1.54, 1.807) is 0 Å². The van der Waals surface area contributed by atoms with Crippen LogP contribution in [0.5, 0.6) is 0 Å². The molecule has 0 aliphatic rings. The van der Waals surface area contributed by atoms with Crippen molar-refractivity contribution in [2.24, 2.45) is 5.73 Å². The second-order valence-corrected chi connectivity index (χ2v) is 3.59. The van der Waals surface area contributed by atoms with Gasteiger partial charge in [0.05, 0.1) is 18.8 Å². The van der Waals surface area contributed by atoms with Crippen molar-refractivity contribution in [3.63, 3.8) is 0 Å². The molecule has 0 spiro atoms. The number of esters is 1. The lowest BCUT2D eigenvalue weighted by atomic mass is 9.98. The summed E-state index contributed by atoms with van der Waals surface area (Å²) in [5, 5.41) is 19.3. The summed E-state index contributed by atoms with van der Waals surface area (Å²) in [5.74, 6) is -0.629. The van der Waals surface area contributed by atoms with Gasteiger partial charge in [-0.25, -0.2) is 4.79 Å². The first kappa shape index (κ1) is 13.4. The first-order chi connectivity index (χ1) is 8.01. The fourth-order valence-electron chi connectivity index (χ4n) is 1.45. The average Bonchev–Trinajstić information content (AvgIpc) is 2.35. The Bertz CT molecular complexity index is 408. The molecule has 1 aromatic carbocycles. The number of carbonyl (C=O) groups excluding carboxylic acids is 1. The molecule has 0 aliphatic heterocycles. The van der Waals surface area contributed by atoms with E-state index < -0.39 is 18.2 Å². The monoisotopic (exact) mass is 240 g/mol. The molecular formula is C11H16N2O4. The molecule has 0 saturated carbocycles. The second-order valence-electron chi connectivity index (χ2n) is 3.59. The summed E-state index contributed by atoms with van der Waals surface area (Å²) in [6.45, 7) is -0.119. The van der Waals surface area contributed by atoms with Gasteiger partial charge in [0.2, 0.25) is 0 Å². The van der Waals surface area contributed by atoms with Crippen LogP contribution in [0.4, 0.5) is 5.69 Å². The second kappa shape index (κ2) is 5.62. The van der Waals surface area contributed by atoms with Crippen LogP contribution in [-0.2, 0) is 4.74 Å². The maximum atomic E-state index is 11.5. The topological polar surface area (TPSA) is 119 Å². The van der Waals surface area contributed by atoms with E-state index in [1.807, 2.05) is 0 Å². The third kappa shape index (κ3) is 2.94. The van der Waals surface area contributed by atoms with Gasteiger partial charge in [-0.2, -0.15) is 0 Å². The van der Waals surface area contributed by atoms with Crippen LogP contribution >= 0.6 is 0 Å². The fourth-order valence-corrected chi connectivity index (χ4v) is 1.45. The van der Waals surface area contributed by atoms with Crippen LogP contribution in [0.3, 0.4) is 0 Å². The number of rotatable bonds is 4. The number of hydrogen-bond acceptors (Lipinski definition) is 6. The van der Waals surface area contributed by atoms with Crippen molar-refractivity contribution in [3.05, 3.63) is 29.3 Å². The van der Waals surface area contributed by atoms with Crippen LogP contribution in [0, 0.1) is 0 Å². The van der Waals surface area contributed by atoms with Crippen molar-refractivity contribution >= 4 is 11.7 Å². The molecule has 0 amide bonds. The maximum absolute atomic E-state index is 11.5. The highest BCUT2D eigenvalue weighted by Crippen LogP contribution is 2.23. The SMILES string of the molecule is COC(=O)c1cc(N)ccc1C(O)C(O)CN. The zero-order chi connectivity index (χ0) is 13.0. The third-order valence-corrected chi connectivity index (χ3v) is 2.41. The van der Waals surface area contributed by atoms with Gasteiger partial charge in [-0.1, -0.05) is 6.07 Å². The summed E-state index contributed by atoms with van der Waals surface area (Å²) in [6, 6.07) is 4.37. The predicted octanol–water partition coefficient (Wildman–Crippen LogP) is -0.592. The fraction of sp³-hybridized carbons (Fsp3) is 0.364. The highest BCUT2D eigenvalue weighted by molar-refractivity contribution is 5.92. The zero-order valence-corrected chi connectivity index (χ0v) is 9.46. The minimum atomic E-state index is -1.25. The van der Waals surface area contributed by atoms with Gasteiger partial charge in [-0.05, 0) is 17.7 Å². The number of nitrogens with two attached hydrogens (primary N) is 2. The van der Waals surface area contributed by atoms with Crippen LogP contribution in [0.1, 0.15) is 22.0 Å². The smallest absolute Gasteiger partial charge is 0.338 e. The Hall–Kier alpha value is -1.63. The molecular weight excluding hydrogens is 224 g/mol. The molecule has 0 aliphatic carbocycles. The Balaban J connectivity index is 3.18. The van der Waals surface area contributed by atoms with Crippen molar-refractivity contribution in [2.45, 2.75) is 12.2 Å². The number of methoxy groups -OCH3 is 1. The average molecular weight is 240 g/mol. The third-order valence-electron chi connectivity index (χ3n) is 2.41. The Morgan fingerprint density at radius 3 is 2.65 bits per heavy atom. The molecule has 94 valence electrons. The molecule has 1 rings (SSSR count). The Morgan fingerprint density at radius 2 is 2.12 bits per heavy atom. The van der Waals surface area contributed by atoms with Crippen LogP contribution in [0.2, 0.25) is 0 Å². The van der Waals surface area contributed by atoms with Crippen LogP contribution in [-0.4, -0.2) is 35.9 Å². The van der Waals surface area contributed by atoms with E-state index in [4.69, 9.17) is 11.5 Å². The highest BCUT2D eigenvalue weighted by atomic mass is 16.5. The van der Waals surface area contributed by atoms with Crippen molar-refractivity contribution in [2.75, 3.05) is 19.4 Å². The molecule has 0 aromatic heterocycles. The van der Waals surface area contributed by atoms with E-state index in [-0.39, 0.29) is 17.7 Å². The molecule has 2 atom stereocenters. The summed E-state index contributed by atoms with van der Waals surface area (Å²) >= 11 is 0. The number of anilines is 1. The number of ether oxygens (including phenoxy) is 1. The van der Waals surface area contributed by atoms with Crippen LogP contribution < -0.4 is 11.5 Å². The van der Waals surface area contributed by atoms with Gasteiger partial charge in [-0.15, -0.1) is 0 Å². The summed E-state index contributed by atoms with van der Waals surface area (Å²) < 4.78 is 4.58. The molecule has 6 heteroatoms. The normalized spacial score (nSPS) is 14.1. The first-order valence-corrected chi connectivity index (χ1v) is 5.05.